The number of rotatable bonds is 6. The molecule has 6 heteroatoms. The molecule has 0 saturated carbocycles. The van der Waals surface area contributed by atoms with E-state index in [9.17, 15) is 9.59 Å². The predicted molar refractivity (Wildman–Crippen MR) is 118 cm³/mol. The Labute approximate surface area is 181 Å². The first-order chi connectivity index (χ1) is 14.9. The third kappa shape index (κ3) is 5.09. The van der Waals surface area contributed by atoms with Crippen LogP contribution in [0.4, 0.5) is 0 Å². The number of imidazole rings is 1. The molecule has 2 heterocycles. The highest BCUT2D eigenvalue weighted by atomic mass is 16.5. The maximum absolute atomic E-state index is 13.3. The van der Waals surface area contributed by atoms with Gasteiger partial charge >= 0.3 is 0 Å². The summed E-state index contributed by atoms with van der Waals surface area (Å²) in [5.74, 6) is 0.305. The van der Waals surface area contributed by atoms with Gasteiger partial charge in [-0.3, -0.25) is 9.59 Å². The Morgan fingerprint density at radius 1 is 1.06 bits per heavy atom. The Morgan fingerprint density at radius 2 is 1.77 bits per heavy atom. The van der Waals surface area contributed by atoms with Crippen molar-refractivity contribution in [1.82, 2.24) is 14.9 Å². The number of ether oxygens (including phenoxy) is 1. The van der Waals surface area contributed by atoms with E-state index in [0.717, 1.165) is 16.7 Å². The molecule has 158 valence electrons. The quantitative estimate of drug-likeness (QED) is 0.653. The van der Waals surface area contributed by atoms with Crippen molar-refractivity contribution in [3.8, 4) is 11.1 Å². The van der Waals surface area contributed by atoms with Crippen molar-refractivity contribution in [3.63, 3.8) is 0 Å². The molecule has 1 N–H and O–H groups in total. The van der Waals surface area contributed by atoms with E-state index < -0.39 is 5.60 Å². The Kier molecular flexibility index (Phi) is 5.71. The lowest BCUT2D eigenvalue weighted by molar-refractivity contribution is -0.139. The summed E-state index contributed by atoms with van der Waals surface area (Å²) in [4.78, 5) is 34.3. The van der Waals surface area contributed by atoms with Gasteiger partial charge in [0, 0.05) is 31.4 Å². The van der Waals surface area contributed by atoms with Crippen LogP contribution >= 0.6 is 0 Å². The van der Waals surface area contributed by atoms with Crippen LogP contribution in [0.15, 0.2) is 78.8 Å². The van der Waals surface area contributed by atoms with Gasteiger partial charge in [-0.05, 0) is 30.5 Å². The van der Waals surface area contributed by atoms with Gasteiger partial charge in [-0.1, -0.05) is 54.6 Å². The summed E-state index contributed by atoms with van der Waals surface area (Å²) < 4.78 is 5.84. The molecule has 1 aliphatic rings. The molecule has 4 rings (SSSR count). The summed E-state index contributed by atoms with van der Waals surface area (Å²) in [6, 6.07) is 18.2. The number of allylic oxidation sites excluding steroid dienone is 1. The van der Waals surface area contributed by atoms with E-state index in [2.05, 4.69) is 22.1 Å². The molecule has 1 aliphatic heterocycles. The molecule has 1 aromatic heterocycles. The summed E-state index contributed by atoms with van der Waals surface area (Å²) in [7, 11) is 0. The number of ketones is 1. The van der Waals surface area contributed by atoms with Crippen LogP contribution in [-0.2, 0) is 27.4 Å². The largest absolute Gasteiger partial charge is 0.481 e. The van der Waals surface area contributed by atoms with Crippen molar-refractivity contribution < 1.29 is 14.3 Å². The molecule has 0 saturated heterocycles. The first-order valence-corrected chi connectivity index (χ1v) is 10.2. The lowest BCUT2D eigenvalue weighted by Gasteiger charge is -2.32. The molecular weight excluding hydrogens is 390 g/mol. The zero-order valence-corrected chi connectivity index (χ0v) is 17.7. The number of amides is 1. The van der Waals surface area contributed by atoms with Crippen molar-refractivity contribution in [2.45, 2.75) is 39.0 Å². The minimum absolute atomic E-state index is 0.0775. The number of nitrogens with one attached hydrogen (secondary N) is 1. The standard InChI is InChI=1S/C25H25N3O3/c1-25(2)15-21(29)14-22(31-25)24(30)28(17-23-26-12-13-27-23)16-18-8-10-20(11-9-18)19-6-4-3-5-7-19/h3-14H,15-17H2,1-2H3,(H,26,27). The second kappa shape index (κ2) is 8.60. The van der Waals surface area contributed by atoms with Crippen molar-refractivity contribution in [2.75, 3.05) is 0 Å². The van der Waals surface area contributed by atoms with Crippen LogP contribution in [0.1, 0.15) is 31.7 Å². The van der Waals surface area contributed by atoms with Crippen LogP contribution in [0.2, 0.25) is 0 Å². The van der Waals surface area contributed by atoms with Gasteiger partial charge in [0.15, 0.2) is 11.5 Å². The average molecular weight is 415 g/mol. The molecule has 0 bridgehead atoms. The molecule has 2 aromatic carbocycles. The first kappa shape index (κ1) is 20.6. The SMILES string of the molecule is CC1(C)CC(=O)C=C(C(=O)N(Cc2ccc(-c3ccccc3)cc2)Cc2ncc[nH]2)O1. The number of hydrogen-bond acceptors (Lipinski definition) is 4. The van der Waals surface area contributed by atoms with Gasteiger partial charge in [0.05, 0.1) is 6.54 Å². The maximum Gasteiger partial charge on any atom is 0.289 e. The second-order valence-electron chi connectivity index (χ2n) is 8.27. The van der Waals surface area contributed by atoms with Crippen LogP contribution in [-0.4, -0.2) is 32.2 Å². The highest BCUT2D eigenvalue weighted by molar-refractivity contribution is 6.01. The summed E-state index contributed by atoms with van der Waals surface area (Å²) in [5.41, 5.74) is 2.52. The van der Waals surface area contributed by atoms with E-state index in [-0.39, 0.29) is 30.4 Å². The molecular formula is C25H25N3O3. The number of carbonyl (C=O) groups excluding carboxylic acids is 2. The predicted octanol–water partition coefficient (Wildman–Crippen LogP) is 4.26. The number of hydrogen-bond donors (Lipinski definition) is 1. The number of carbonyl (C=O) groups is 2. The lowest BCUT2D eigenvalue weighted by atomic mass is 9.98. The van der Waals surface area contributed by atoms with E-state index in [1.807, 2.05) is 56.3 Å². The molecule has 6 nitrogen and oxygen atoms in total. The van der Waals surface area contributed by atoms with Gasteiger partial charge in [0.2, 0.25) is 0 Å². The zero-order valence-electron chi connectivity index (χ0n) is 17.7. The molecule has 0 unspecified atom stereocenters. The molecule has 0 atom stereocenters. The number of aromatic nitrogens is 2. The van der Waals surface area contributed by atoms with Crippen LogP contribution in [0, 0.1) is 0 Å². The number of benzene rings is 2. The molecule has 0 fully saturated rings. The first-order valence-electron chi connectivity index (χ1n) is 10.2. The van der Waals surface area contributed by atoms with Gasteiger partial charge < -0.3 is 14.6 Å². The molecule has 3 aromatic rings. The fraction of sp³-hybridized carbons (Fsp3) is 0.240. The van der Waals surface area contributed by atoms with E-state index >= 15 is 0 Å². The normalized spacial score (nSPS) is 15.2. The highest BCUT2D eigenvalue weighted by Crippen LogP contribution is 2.27. The van der Waals surface area contributed by atoms with Crippen molar-refractivity contribution in [3.05, 3.63) is 90.2 Å². The summed E-state index contributed by atoms with van der Waals surface area (Å²) in [6.45, 7) is 4.26. The second-order valence-corrected chi connectivity index (χ2v) is 8.27. The highest BCUT2D eigenvalue weighted by Gasteiger charge is 2.33. The number of nitrogens with zero attached hydrogens (tertiary/aromatic N) is 2. The van der Waals surface area contributed by atoms with E-state index in [1.165, 1.54) is 6.08 Å². The van der Waals surface area contributed by atoms with Crippen molar-refractivity contribution in [1.29, 1.82) is 0 Å². The molecule has 1 amide bonds. The zero-order chi connectivity index (χ0) is 21.8. The smallest absolute Gasteiger partial charge is 0.289 e. The topological polar surface area (TPSA) is 75.3 Å². The van der Waals surface area contributed by atoms with Gasteiger partial charge in [-0.2, -0.15) is 0 Å². The average Bonchev–Trinajstić information content (AvgIpc) is 3.26. The van der Waals surface area contributed by atoms with E-state index in [1.54, 1.807) is 17.3 Å². The Bertz CT molecular complexity index is 1080. The fourth-order valence-electron chi connectivity index (χ4n) is 3.66. The summed E-state index contributed by atoms with van der Waals surface area (Å²) in [5, 5.41) is 0. The Balaban J connectivity index is 1.57. The molecule has 0 radical (unpaired) electrons. The van der Waals surface area contributed by atoms with Gasteiger partial charge in [0.25, 0.3) is 5.91 Å². The van der Waals surface area contributed by atoms with E-state index in [4.69, 9.17) is 4.74 Å². The Morgan fingerprint density at radius 3 is 2.42 bits per heavy atom. The number of H-pyrrole nitrogens is 1. The van der Waals surface area contributed by atoms with Crippen LogP contribution in [0.25, 0.3) is 11.1 Å². The summed E-state index contributed by atoms with van der Waals surface area (Å²) >= 11 is 0. The molecule has 0 spiro atoms. The van der Waals surface area contributed by atoms with Crippen LogP contribution < -0.4 is 0 Å². The monoisotopic (exact) mass is 415 g/mol. The minimum Gasteiger partial charge on any atom is -0.481 e. The lowest BCUT2D eigenvalue weighted by Crippen LogP contribution is -2.39. The van der Waals surface area contributed by atoms with E-state index in [0.29, 0.717) is 12.4 Å². The van der Waals surface area contributed by atoms with Crippen molar-refractivity contribution >= 4 is 11.7 Å². The third-order valence-electron chi connectivity index (χ3n) is 5.11. The molecule has 0 aliphatic carbocycles. The van der Waals surface area contributed by atoms with Gasteiger partial charge in [-0.25, -0.2) is 4.98 Å². The van der Waals surface area contributed by atoms with Gasteiger partial charge in [0.1, 0.15) is 11.4 Å². The van der Waals surface area contributed by atoms with Crippen LogP contribution in [0.3, 0.4) is 0 Å². The molecule has 31 heavy (non-hydrogen) atoms. The fourth-order valence-corrected chi connectivity index (χ4v) is 3.66. The summed E-state index contributed by atoms with van der Waals surface area (Å²) in [6.07, 6.45) is 4.93. The van der Waals surface area contributed by atoms with Crippen LogP contribution in [0.5, 0.6) is 0 Å². The number of aromatic amines is 1. The minimum atomic E-state index is -0.704. The van der Waals surface area contributed by atoms with Gasteiger partial charge in [-0.15, -0.1) is 0 Å². The third-order valence-corrected chi connectivity index (χ3v) is 5.11. The van der Waals surface area contributed by atoms with Crippen molar-refractivity contribution in [2.24, 2.45) is 0 Å². The maximum atomic E-state index is 13.3. The Hall–Kier alpha value is -3.67.